The average molecular weight is 290 g/mol. The van der Waals surface area contributed by atoms with E-state index in [1.807, 2.05) is 12.1 Å². The summed E-state index contributed by atoms with van der Waals surface area (Å²) in [5.41, 5.74) is 6.81. The number of nitrogens with zero attached hydrogens (tertiary/aromatic N) is 1. The first-order valence-electron chi connectivity index (χ1n) is 8.34. The van der Waals surface area contributed by atoms with Gasteiger partial charge in [-0.2, -0.15) is 0 Å². The fourth-order valence-electron chi connectivity index (χ4n) is 4.42. The first kappa shape index (κ1) is 15.0. The maximum Gasteiger partial charge on any atom is 0.126 e. The topological polar surface area (TPSA) is 29.3 Å². The first-order chi connectivity index (χ1) is 10.1. The molecule has 2 fully saturated rings. The summed E-state index contributed by atoms with van der Waals surface area (Å²) in [5, 5.41) is 0. The van der Waals surface area contributed by atoms with Gasteiger partial charge < -0.3 is 5.73 Å². The fourth-order valence-corrected chi connectivity index (χ4v) is 4.42. The zero-order chi connectivity index (χ0) is 14.9. The van der Waals surface area contributed by atoms with Crippen molar-refractivity contribution in [3.8, 4) is 0 Å². The van der Waals surface area contributed by atoms with Gasteiger partial charge in [0, 0.05) is 18.1 Å². The molecule has 21 heavy (non-hydrogen) atoms. The maximum atomic E-state index is 14.0. The molecule has 2 nitrogen and oxygen atoms in total. The highest BCUT2D eigenvalue weighted by atomic mass is 19.1. The Kier molecular flexibility index (Phi) is 4.32. The van der Waals surface area contributed by atoms with Gasteiger partial charge in [-0.3, -0.25) is 4.90 Å². The predicted octanol–water partition coefficient (Wildman–Crippen LogP) is 3.35. The van der Waals surface area contributed by atoms with Crippen molar-refractivity contribution in [1.29, 1.82) is 0 Å². The van der Waals surface area contributed by atoms with E-state index in [9.17, 15) is 4.39 Å². The highest BCUT2D eigenvalue weighted by Crippen LogP contribution is 2.40. The Morgan fingerprint density at radius 1 is 1.24 bits per heavy atom. The van der Waals surface area contributed by atoms with E-state index in [-0.39, 0.29) is 11.4 Å². The van der Waals surface area contributed by atoms with Crippen molar-refractivity contribution in [2.45, 2.75) is 57.0 Å². The number of rotatable bonds is 4. The van der Waals surface area contributed by atoms with Crippen LogP contribution < -0.4 is 5.73 Å². The average Bonchev–Trinajstić information content (AvgIpc) is 2.94. The minimum absolute atomic E-state index is 0.100. The zero-order valence-corrected chi connectivity index (χ0v) is 13.0. The molecule has 3 unspecified atom stereocenters. The van der Waals surface area contributed by atoms with Gasteiger partial charge in [-0.15, -0.1) is 0 Å². The molecule has 1 saturated carbocycles. The molecule has 0 radical (unpaired) electrons. The molecule has 116 valence electrons. The second kappa shape index (κ2) is 6.05. The monoisotopic (exact) mass is 290 g/mol. The Balaban J connectivity index is 1.81. The summed E-state index contributed by atoms with van der Waals surface area (Å²) in [7, 11) is 0. The molecule has 1 saturated heterocycles. The molecule has 1 aliphatic heterocycles. The number of likely N-dealkylation sites (tertiary alicyclic amines) is 1. The fraction of sp³-hybridized carbons (Fsp3) is 0.667. The molecule has 3 heteroatoms. The second-order valence-corrected chi connectivity index (χ2v) is 7.06. The van der Waals surface area contributed by atoms with Crippen LogP contribution >= 0.6 is 0 Å². The molecular formula is C18H27FN2. The van der Waals surface area contributed by atoms with Crippen molar-refractivity contribution >= 4 is 0 Å². The first-order valence-corrected chi connectivity index (χ1v) is 8.34. The van der Waals surface area contributed by atoms with E-state index in [1.54, 1.807) is 12.1 Å². The van der Waals surface area contributed by atoms with E-state index in [2.05, 4.69) is 11.8 Å². The number of halogens is 1. The molecular weight excluding hydrogens is 263 g/mol. The summed E-state index contributed by atoms with van der Waals surface area (Å²) in [4.78, 5) is 2.60. The summed E-state index contributed by atoms with van der Waals surface area (Å²) >= 11 is 0. The lowest BCUT2D eigenvalue weighted by Crippen LogP contribution is -2.56. The van der Waals surface area contributed by atoms with Gasteiger partial charge in [-0.25, -0.2) is 4.39 Å². The van der Waals surface area contributed by atoms with Gasteiger partial charge in [0.2, 0.25) is 0 Å². The number of fused-ring (bicyclic) bond motifs is 1. The van der Waals surface area contributed by atoms with Gasteiger partial charge in [0.15, 0.2) is 0 Å². The molecule has 2 aliphatic rings. The van der Waals surface area contributed by atoms with E-state index in [4.69, 9.17) is 5.73 Å². The van der Waals surface area contributed by atoms with Gasteiger partial charge in [-0.05, 0) is 56.7 Å². The van der Waals surface area contributed by atoms with Crippen LogP contribution in [0, 0.1) is 11.7 Å². The minimum atomic E-state index is -0.126. The molecule has 0 amide bonds. The third-order valence-corrected chi connectivity index (χ3v) is 5.67. The van der Waals surface area contributed by atoms with Crippen LogP contribution in [0.4, 0.5) is 4.39 Å². The van der Waals surface area contributed by atoms with Crippen LogP contribution in [0.3, 0.4) is 0 Å². The van der Waals surface area contributed by atoms with Gasteiger partial charge >= 0.3 is 0 Å². The van der Waals surface area contributed by atoms with Crippen LogP contribution in [0.1, 0.15) is 44.6 Å². The Morgan fingerprint density at radius 2 is 2.00 bits per heavy atom. The molecule has 1 aromatic rings. The van der Waals surface area contributed by atoms with Crippen LogP contribution in [0.15, 0.2) is 24.3 Å². The summed E-state index contributed by atoms with van der Waals surface area (Å²) in [6, 6.07) is 7.80. The zero-order valence-electron chi connectivity index (χ0n) is 13.0. The maximum absolute atomic E-state index is 14.0. The lowest BCUT2D eigenvalue weighted by atomic mass is 9.82. The summed E-state index contributed by atoms with van der Waals surface area (Å²) in [6.45, 7) is 3.93. The van der Waals surface area contributed by atoms with E-state index in [0.717, 1.165) is 18.0 Å². The second-order valence-electron chi connectivity index (χ2n) is 7.06. The lowest BCUT2D eigenvalue weighted by Gasteiger charge is -2.44. The van der Waals surface area contributed by atoms with Crippen molar-refractivity contribution in [2.75, 3.05) is 13.1 Å². The normalized spacial score (nSPS) is 29.1. The Hall–Kier alpha value is -0.930. The molecule has 1 aliphatic carbocycles. The largest absolute Gasteiger partial charge is 0.329 e. The van der Waals surface area contributed by atoms with Crippen molar-refractivity contribution in [3.05, 3.63) is 35.6 Å². The van der Waals surface area contributed by atoms with Crippen LogP contribution in [0.5, 0.6) is 0 Å². The third-order valence-electron chi connectivity index (χ3n) is 5.67. The molecule has 0 aromatic heterocycles. The smallest absolute Gasteiger partial charge is 0.126 e. The molecule has 1 heterocycles. The van der Waals surface area contributed by atoms with Crippen LogP contribution in [-0.2, 0) is 6.42 Å². The highest BCUT2D eigenvalue weighted by Gasteiger charge is 2.44. The van der Waals surface area contributed by atoms with Crippen molar-refractivity contribution in [1.82, 2.24) is 4.90 Å². The molecule has 3 atom stereocenters. The SMILES string of the molecule is CC(CN)(Cc1ccccc1F)N1CCC2CCCCC21. The Morgan fingerprint density at radius 3 is 2.76 bits per heavy atom. The summed E-state index contributed by atoms with van der Waals surface area (Å²) in [5.74, 6) is 0.738. The van der Waals surface area contributed by atoms with Crippen molar-refractivity contribution in [2.24, 2.45) is 11.7 Å². The van der Waals surface area contributed by atoms with E-state index in [1.165, 1.54) is 32.1 Å². The van der Waals surface area contributed by atoms with Gasteiger partial charge in [0.05, 0.1) is 0 Å². The molecule has 2 N–H and O–H groups in total. The molecule has 1 aromatic carbocycles. The highest BCUT2D eigenvalue weighted by molar-refractivity contribution is 5.21. The van der Waals surface area contributed by atoms with E-state index in [0.29, 0.717) is 19.0 Å². The van der Waals surface area contributed by atoms with Gasteiger partial charge in [0.1, 0.15) is 5.82 Å². The number of hydrogen-bond donors (Lipinski definition) is 1. The Bertz CT molecular complexity index is 490. The van der Waals surface area contributed by atoms with Crippen molar-refractivity contribution in [3.63, 3.8) is 0 Å². The van der Waals surface area contributed by atoms with E-state index < -0.39 is 0 Å². The standard InChI is InChI=1S/C18H27FN2/c1-18(13-20,12-15-7-2-4-8-16(15)19)21-11-10-14-6-3-5-9-17(14)21/h2,4,7-8,14,17H,3,5-6,9-13,20H2,1H3. The quantitative estimate of drug-likeness (QED) is 0.921. The van der Waals surface area contributed by atoms with Gasteiger partial charge in [0.25, 0.3) is 0 Å². The van der Waals surface area contributed by atoms with Crippen LogP contribution in [-0.4, -0.2) is 29.6 Å². The molecule has 0 spiro atoms. The Labute approximate surface area is 127 Å². The van der Waals surface area contributed by atoms with Crippen LogP contribution in [0.25, 0.3) is 0 Å². The molecule has 0 bridgehead atoms. The number of benzene rings is 1. The summed E-state index contributed by atoms with van der Waals surface area (Å²) < 4.78 is 14.0. The predicted molar refractivity (Wildman–Crippen MR) is 84.6 cm³/mol. The third kappa shape index (κ3) is 2.86. The van der Waals surface area contributed by atoms with Crippen molar-refractivity contribution < 1.29 is 4.39 Å². The minimum Gasteiger partial charge on any atom is -0.329 e. The number of hydrogen-bond acceptors (Lipinski definition) is 2. The van der Waals surface area contributed by atoms with Crippen LogP contribution in [0.2, 0.25) is 0 Å². The lowest BCUT2D eigenvalue weighted by molar-refractivity contribution is 0.0667. The molecule has 3 rings (SSSR count). The van der Waals surface area contributed by atoms with E-state index >= 15 is 0 Å². The number of nitrogens with two attached hydrogens (primary N) is 1. The summed E-state index contributed by atoms with van der Waals surface area (Å²) in [6.07, 6.45) is 7.36. The van der Waals surface area contributed by atoms with Gasteiger partial charge in [-0.1, -0.05) is 31.0 Å².